The van der Waals surface area contributed by atoms with E-state index >= 15 is 0 Å². The molecular weight excluding hydrogens is 1090 g/mol. The van der Waals surface area contributed by atoms with Crippen LogP contribution in [-0.4, -0.2) is 0 Å². The van der Waals surface area contributed by atoms with Gasteiger partial charge in [0.1, 0.15) is 0 Å². The fraction of sp³-hybridized carbons (Fsp3) is 0.241. The lowest BCUT2D eigenvalue weighted by atomic mass is 9.70. The van der Waals surface area contributed by atoms with E-state index in [4.69, 9.17) is 0 Å². The molecule has 0 spiro atoms. The van der Waals surface area contributed by atoms with Crippen LogP contribution in [0.1, 0.15) is 144 Å². The largest absolute Gasteiger partial charge is 0.310 e. The SMILES string of the molecule is CCCCCCC1(CCCCCC)c2ccccc2-c2ccc(N(c3ccccc3)c3cccc(-c4cccc(-c5cccc(N(c6ccc(C7CCCCC7)cc6)c6ccc(-c7ccc(N(c8ccccc8)c8ccccc8)cc7C)c(C)c6)c5)c4)c3)cc21. The Morgan fingerprint density at radius 1 is 0.300 bits per heavy atom. The summed E-state index contributed by atoms with van der Waals surface area (Å²) in [5.41, 5.74) is 27.4. The molecule has 90 heavy (non-hydrogen) atoms. The molecule has 0 N–H and O–H groups in total. The molecule has 0 radical (unpaired) electrons. The molecule has 2 aliphatic rings. The molecule has 0 atom stereocenters. The zero-order valence-electron chi connectivity index (χ0n) is 53.4. The zero-order valence-corrected chi connectivity index (χ0v) is 53.4. The molecule has 0 unspecified atom stereocenters. The molecule has 11 aromatic rings. The molecule has 0 heterocycles. The smallest absolute Gasteiger partial charge is 0.0467 e. The summed E-state index contributed by atoms with van der Waals surface area (Å²) in [6.45, 7) is 9.18. The number of nitrogens with zero attached hydrogens (tertiary/aromatic N) is 3. The molecule has 0 aliphatic heterocycles. The van der Waals surface area contributed by atoms with Gasteiger partial charge in [0, 0.05) is 56.6 Å². The molecule has 3 heteroatoms. The summed E-state index contributed by atoms with van der Waals surface area (Å²) in [5, 5.41) is 0. The Kier molecular flexibility index (Phi) is 18.4. The van der Waals surface area contributed by atoms with Crippen LogP contribution in [0, 0.1) is 13.8 Å². The number of unbranched alkanes of at least 4 members (excludes halogenated alkanes) is 6. The summed E-state index contributed by atoms with van der Waals surface area (Å²) in [6, 6.07) is 100. The van der Waals surface area contributed by atoms with E-state index in [1.54, 1.807) is 0 Å². The topological polar surface area (TPSA) is 9.72 Å². The van der Waals surface area contributed by atoms with Crippen molar-refractivity contribution in [3.63, 3.8) is 0 Å². The maximum Gasteiger partial charge on any atom is 0.0467 e. The number of aryl methyl sites for hydroxylation is 2. The summed E-state index contributed by atoms with van der Waals surface area (Å²) >= 11 is 0. The summed E-state index contributed by atoms with van der Waals surface area (Å²) in [6.07, 6.45) is 19.1. The second-order valence-electron chi connectivity index (χ2n) is 25.6. The molecule has 1 saturated carbocycles. The van der Waals surface area contributed by atoms with E-state index < -0.39 is 0 Å². The third kappa shape index (κ3) is 12.6. The highest BCUT2D eigenvalue weighted by atomic mass is 15.2. The van der Waals surface area contributed by atoms with Crippen molar-refractivity contribution in [2.75, 3.05) is 14.7 Å². The molecule has 450 valence electrons. The van der Waals surface area contributed by atoms with Gasteiger partial charge in [-0.15, -0.1) is 0 Å². The van der Waals surface area contributed by atoms with Crippen LogP contribution in [0.3, 0.4) is 0 Å². The number of anilines is 9. The van der Waals surface area contributed by atoms with E-state index in [9.17, 15) is 0 Å². The first-order valence-corrected chi connectivity index (χ1v) is 33.8. The second-order valence-corrected chi connectivity index (χ2v) is 25.6. The Bertz CT molecular complexity index is 4130. The van der Waals surface area contributed by atoms with E-state index in [1.165, 1.54) is 174 Å². The van der Waals surface area contributed by atoms with Crippen LogP contribution >= 0.6 is 0 Å². The van der Waals surface area contributed by atoms with Crippen LogP contribution in [-0.2, 0) is 5.41 Å². The highest BCUT2D eigenvalue weighted by Gasteiger charge is 2.42. The van der Waals surface area contributed by atoms with Crippen LogP contribution in [0.15, 0.2) is 267 Å². The van der Waals surface area contributed by atoms with E-state index in [-0.39, 0.29) is 5.41 Å². The van der Waals surface area contributed by atoms with Gasteiger partial charge in [0.15, 0.2) is 0 Å². The van der Waals surface area contributed by atoms with E-state index in [2.05, 4.69) is 309 Å². The number of fused-ring (bicyclic) bond motifs is 3. The van der Waals surface area contributed by atoms with Crippen molar-refractivity contribution in [3.05, 3.63) is 295 Å². The number of rotatable bonds is 23. The van der Waals surface area contributed by atoms with Gasteiger partial charge in [-0.1, -0.05) is 236 Å². The van der Waals surface area contributed by atoms with Gasteiger partial charge >= 0.3 is 0 Å². The van der Waals surface area contributed by atoms with Gasteiger partial charge in [-0.2, -0.15) is 0 Å². The van der Waals surface area contributed by atoms with Crippen molar-refractivity contribution < 1.29 is 0 Å². The molecule has 0 aromatic heterocycles. The summed E-state index contributed by atoms with van der Waals surface area (Å²) < 4.78 is 0. The Balaban J connectivity index is 0.836. The summed E-state index contributed by atoms with van der Waals surface area (Å²) in [4.78, 5) is 7.30. The standard InChI is InChI=1S/C87H87N3/c1-5-7-9-25-56-87(57-26-10-8-6-2)85-45-24-23-44-83(85)84-55-52-80(63-86(84)87)89(74-40-21-14-22-41-74)76-42-28-34-70(61-76)68-32-27-33-69(60-68)71-35-29-43-77(62-71)90(75-48-46-67(47-49-75)66-30-15-11-16-31-66)79-51-54-82(65(4)59-79)81-53-50-78(58-64(81)3)88(72-36-17-12-18-37-72)73-38-19-13-20-39-73/h12-14,17-24,27-29,32-55,58-63,66H,5-11,15-16,25-26,30-31,56-57H2,1-4H3. The minimum absolute atomic E-state index is 0.00583. The fourth-order valence-corrected chi connectivity index (χ4v) is 15.1. The quantitative estimate of drug-likeness (QED) is 0.0591. The molecule has 3 nitrogen and oxygen atoms in total. The van der Waals surface area contributed by atoms with Gasteiger partial charge in [0.25, 0.3) is 0 Å². The van der Waals surface area contributed by atoms with Gasteiger partial charge in [-0.3, -0.25) is 0 Å². The maximum absolute atomic E-state index is 2.58. The van der Waals surface area contributed by atoms with Crippen molar-refractivity contribution in [1.29, 1.82) is 0 Å². The van der Waals surface area contributed by atoms with Gasteiger partial charge in [-0.05, 0) is 233 Å². The third-order valence-corrected chi connectivity index (χ3v) is 19.7. The predicted octanol–water partition coefficient (Wildman–Crippen LogP) is 26.0. The number of hydrogen-bond acceptors (Lipinski definition) is 3. The highest BCUT2D eigenvalue weighted by molar-refractivity contribution is 5.89. The second kappa shape index (κ2) is 27.7. The van der Waals surface area contributed by atoms with E-state index in [1.807, 2.05) is 0 Å². The average molecular weight is 1170 g/mol. The molecular formula is C87H87N3. The molecule has 0 saturated heterocycles. The van der Waals surface area contributed by atoms with Gasteiger partial charge in [0.05, 0.1) is 0 Å². The Morgan fingerprint density at radius 3 is 1.17 bits per heavy atom. The molecule has 1 fully saturated rings. The number of hydrogen-bond donors (Lipinski definition) is 0. The van der Waals surface area contributed by atoms with Gasteiger partial charge in [-0.25, -0.2) is 0 Å². The summed E-state index contributed by atoms with van der Waals surface area (Å²) in [5.74, 6) is 0.634. The zero-order chi connectivity index (χ0) is 61.2. The molecule has 0 bridgehead atoms. The third-order valence-electron chi connectivity index (χ3n) is 19.7. The average Bonchev–Trinajstić information content (AvgIpc) is 1.57. The Hall–Kier alpha value is -9.18. The first-order valence-electron chi connectivity index (χ1n) is 33.8. The van der Waals surface area contributed by atoms with Crippen molar-refractivity contribution in [3.8, 4) is 44.5 Å². The van der Waals surface area contributed by atoms with Gasteiger partial charge in [0.2, 0.25) is 0 Å². The minimum Gasteiger partial charge on any atom is -0.310 e. The van der Waals surface area contributed by atoms with Crippen molar-refractivity contribution in [2.45, 2.75) is 135 Å². The Labute approximate surface area is 537 Å². The lowest BCUT2D eigenvalue weighted by Crippen LogP contribution is -2.26. The normalized spacial score (nSPS) is 13.4. The van der Waals surface area contributed by atoms with E-state index in [0.717, 1.165) is 45.5 Å². The first kappa shape index (κ1) is 59.8. The highest BCUT2D eigenvalue weighted by Crippen LogP contribution is 2.56. The fourth-order valence-electron chi connectivity index (χ4n) is 15.1. The predicted molar refractivity (Wildman–Crippen MR) is 386 cm³/mol. The van der Waals surface area contributed by atoms with E-state index in [0.29, 0.717) is 5.92 Å². The summed E-state index contributed by atoms with van der Waals surface area (Å²) in [7, 11) is 0. The molecule has 2 aliphatic carbocycles. The maximum atomic E-state index is 2.58. The molecule has 0 amide bonds. The van der Waals surface area contributed by atoms with Crippen LogP contribution < -0.4 is 14.7 Å². The first-order chi connectivity index (χ1) is 44.4. The van der Waals surface area contributed by atoms with Crippen molar-refractivity contribution in [2.24, 2.45) is 0 Å². The lowest BCUT2D eigenvalue weighted by molar-refractivity contribution is 0.401. The Morgan fingerprint density at radius 2 is 0.678 bits per heavy atom. The van der Waals surface area contributed by atoms with Crippen LogP contribution in [0.5, 0.6) is 0 Å². The number of benzene rings is 11. The monoisotopic (exact) mass is 1170 g/mol. The van der Waals surface area contributed by atoms with Crippen molar-refractivity contribution >= 4 is 51.2 Å². The lowest BCUT2D eigenvalue weighted by Gasteiger charge is -2.34. The minimum atomic E-state index is -0.00583. The van der Waals surface area contributed by atoms with Crippen LogP contribution in [0.2, 0.25) is 0 Å². The molecule has 13 rings (SSSR count). The van der Waals surface area contributed by atoms with Crippen LogP contribution in [0.4, 0.5) is 51.2 Å². The van der Waals surface area contributed by atoms with Gasteiger partial charge < -0.3 is 14.7 Å². The van der Waals surface area contributed by atoms with Crippen LogP contribution in [0.25, 0.3) is 44.5 Å². The van der Waals surface area contributed by atoms with Crippen molar-refractivity contribution in [1.82, 2.24) is 0 Å². The molecule has 11 aromatic carbocycles. The number of para-hydroxylation sites is 3.